The first kappa shape index (κ1) is 8.39. The molecular weight excluding hydrogens is 156 g/mol. The molecule has 0 aliphatic heterocycles. The Hall–Kier alpha value is -1.71. The molecule has 0 bridgehead atoms. The van der Waals surface area contributed by atoms with Gasteiger partial charge in [-0.05, 0) is 13.0 Å². The Labute approximate surface area is 69.5 Å². The van der Waals surface area contributed by atoms with Crippen molar-refractivity contribution in [2.45, 2.75) is 6.92 Å². The Bertz CT molecular complexity index is 312. The monoisotopic (exact) mass is 164 g/mol. The van der Waals surface area contributed by atoms with Crippen molar-refractivity contribution in [3.05, 3.63) is 30.9 Å². The molecule has 1 aromatic heterocycles. The van der Waals surface area contributed by atoms with Crippen LogP contribution < -0.4 is 0 Å². The minimum absolute atomic E-state index is 0.150. The van der Waals surface area contributed by atoms with Gasteiger partial charge in [-0.15, -0.1) is 0 Å². The molecule has 0 aromatic carbocycles. The normalized spacial score (nSPS) is 10.4. The van der Waals surface area contributed by atoms with Gasteiger partial charge in [-0.3, -0.25) is 14.2 Å². The van der Waals surface area contributed by atoms with Gasteiger partial charge in [0.05, 0.1) is 0 Å². The summed E-state index contributed by atoms with van der Waals surface area (Å²) in [4.78, 5) is 25.2. The van der Waals surface area contributed by atoms with Crippen LogP contribution in [-0.2, 0) is 4.79 Å². The van der Waals surface area contributed by atoms with E-state index in [1.165, 1.54) is 42.4 Å². The molecule has 0 unspecified atom stereocenters. The highest BCUT2D eigenvalue weighted by Crippen LogP contribution is 1.87. The quantitative estimate of drug-likeness (QED) is 0.603. The zero-order valence-corrected chi connectivity index (χ0v) is 6.60. The van der Waals surface area contributed by atoms with Crippen LogP contribution in [0.5, 0.6) is 0 Å². The first-order chi connectivity index (χ1) is 5.70. The van der Waals surface area contributed by atoms with E-state index in [0.717, 1.165) is 0 Å². The van der Waals surface area contributed by atoms with Crippen LogP contribution in [0.4, 0.5) is 0 Å². The minimum atomic E-state index is -0.275. The molecule has 12 heavy (non-hydrogen) atoms. The van der Waals surface area contributed by atoms with Gasteiger partial charge in [-0.1, -0.05) is 0 Å². The standard InChI is InChI=1S/C8H8N2O2/c1-7(11)2-3-8(12)10-5-4-9-6-10/h2-6H,1H3/b3-2+. The number of rotatable bonds is 2. The van der Waals surface area contributed by atoms with Gasteiger partial charge < -0.3 is 0 Å². The molecule has 0 radical (unpaired) electrons. The lowest BCUT2D eigenvalue weighted by Crippen LogP contribution is -2.04. The number of allylic oxidation sites excluding steroid dienone is 2. The molecule has 0 amide bonds. The molecule has 1 aromatic rings. The van der Waals surface area contributed by atoms with Crippen LogP contribution in [-0.4, -0.2) is 21.2 Å². The van der Waals surface area contributed by atoms with E-state index in [0.29, 0.717) is 0 Å². The third-order valence-corrected chi connectivity index (χ3v) is 1.22. The molecule has 0 spiro atoms. The van der Waals surface area contributed by atoms with E-state index < -0.39 is 0 Å². The summed E-state index contributed by atoms with van der Waals surface area (Å²) in [5, 5.41) is 0. The Morgan fingerprint density at radius 1 is 1.42 bits per heavy atom. The van der Waals surface area contributed by atoms with Crippen molar-refractivity contribution < 1.29 is 9.59 Å². The van der Waals surface area contributed by atoms with Crippen LogP contribution in [0.2, 0.25) is 0 Å². The summed E-state index contributed by atoms with van der Waals surface area (Å²) in [5.74, 6) is -0.425. The lowest BCUT2D eigenvalue weighted by Gasteiger charge is -1.91. The van der Waals surface area contributed by atoms with E-state index in [2.05, 4.69) is 4.98 Å². The van der Waals surface area contributed by atoms with Crippen molar-refractivity contribution >= 4 is 11.7 Å². The number of aromatic nitrogens is 2. The Morgan fingerprint density at radius 3 is 2.67 bits per heavy atom. The average Bonchev–Trinajstić information content (AvgIpc) is 2.51. The number of carbonyl (C=O) groups is 2. The number of imidazole rings is 1. The lowest BCUT2D eigenvalue weighted by molar-refractivity contribution is -0.112. The van der Waals surface area contributed by atoms with Crippen molar-refractivity contribution in [3.8, 4) is 0 Å². The number of nitrogens with zero attached hydrogens (tertiary/aromatic N) is 2. The molecule has 0 N–H and O–H groups in total. The predicted molar refractivity (Wildman–Crippen MR) is 42.7 cm³/mol. The number of hydrogen-bond donors (Lipinski definition) is 0. The van der Waals surface area contributed by atoms with Gasteiger partial charge in [0, 0.05) is 18.5 Å². The summed E-state index contributed by atoms with van der Waals surface area (Å²) in [7, 11) is 0. The zero-order valence-electron chi connectivity index (χ0n) is 6.60. The smallest absolute Gasteiger partial charge is 0.255 e. The van der Waals surface area contributed by atoms with Gasteiger partial charge in [0.2, 0.25) is 0 Å². The van der Waals surface area contributed by atoms with Gasteiger partial charge in [0.25, 0.3) is 5.91 Å². The van der Waals surface area contributed by atoms with Gasteiger partial charge >= 0.3 is 0 Å². The first-order valence-corrected chi connectivity index (χ1v) is 3.41. The number of hydrogen-bond acceptors (Lipinski definition) is 3. The van der Waals surface area contributed by atoms with Crippen molar-refractivity contribution in [2.24, 2.45) is 0 Å². The van der Waals surface area contributed by atoms with Crippen molar-refractivity contribution in [3.63, 3.8) is 0 Å². The van der Waals surface area contributed by atoms with E-state index in [-0.39, 0.29) is 11.7 Å². The summed E-state index contributed by atoms with van der Waals surface area (Å²) in [5.41, 5.74) is 0. The average molecular weight is 164 g/mol. The molecule has 1 rings (SSSR count). The summed E-state index contributed by atoms with van der Waals surface area (Å²) in [6.07, 6.45) is 6.84. The van der Waals surface area contributed by atoms with Crippen LogP contribution in [0.3, 0.4) is 0 Å². The fraction of sp³-hybridized carbons (Fsp3) is 0.125. The van der Waals surface area contributed by atoms with E-state index in [9.17, 15) is 9.59 Å². The predicted octanol–water partition coefficient (Wildman–Crippen LogP) is 0.668. The van der Waals surface area contributed by atoms with Gasteiger partial charge in [0.15, 0.2) is 5.78 Å². The summed E-state index contributed by atoms with van der Waals surface area (Å²) < 4.78 is 1.29. The maximum Gasteiger partial charge on any atom is 0.255 e. The van der Waals surface area contributed by atoms with Crippen LogP contribution in [0.1, 0.15) is 11.7 Å². The molecule has 0 aliphatic rings. The Kier molecular flexibility index (Phi) is 2.53. The summed E-state index contributed by atoms with van der Waals surface area (Å²) >= 11 is 0. The second-order valence-corrected chi connectivity index (χ2v) is 2.25. The minimum Gasteiger partial charge on any atom is -0.295 e. The maximum atomic E-state index is 11.1. The highest BCUT2D eigenvalue weighted by molar-refractivity contribution is 5.97. The molecule has 4 nitrogen and oxygen atoms in total. The van der Waals surface area contributed by atoms with Gasteiger partial charge in [-0.2, -0.15) is 0 Å². The molecule has 0 aliphatic carbocycles. The fourth-order valence-corrected chi connectivity index (χ4v) is 0.664. The Morgan fingerprint density at radius 2 is 2.17 bits per heavy atom. The van der Waals surface area contributed by atoms with E-state index in [1.807, 2.05) is 0 Å². The Balaban J connectivity index is 2.68. The molecule has 0 saturated carbocycles. The maximum absolute atomic E-state index is 11.1. The van der Waals surface area contributed by atoms with E-state index in [4.69, 9.17) is 0 Å². The number of carbonyl (C=O) groups excluding carboxylic acids is 2. The fourth-order valence-electron chi connectivity index (χ4n) is 0.664. The topological polar surface area (TPSA) is 52.0 Å². The zero-order chi connectivity index (χ0) is 8.97. The lowest BCUT2D eigenvalue weighted by atomic mass is 10.4. The molecule has 1 heterocycles. The molecule has 0 atom stereocenters. The van der Waals surface area contributed by atoms with Gasteiger partial charge in [-0.25, -0.2) is 4.98 Å². The molecule has 4 heteroatoms. The summed E-state index contributed by atoms with van der Waals surface area (Å²) in [6, 6.07) is 0. The van der Waals surface area contributed by atoms with Gasteiger partial charge in [0.1, 0.15) is 6.33 Å². The van der Waals surface area contributed by atoms with E-state index >= 15 is 0 Å². The molecular formula is C8H8N2O2. The molecule has 62 valence electrons. The van der Waals surface area contributed by atoms with E-state index in [1.54, 1.807) is 0 Å². The molecule has 0 fully saturated rings. The van der Waals surface area contributed by atoms with Crippen LogP contribution in [0.15, 0.2) is 30.9 Å². The first-order valence-electron chi connectivity index (χ1n) is 3.41. The highest BCUT2D eigenvalue weighted by atomic mass is 16.2. The largest absolute Gasteiger partial charge is 0.295 e. The van der Waals surface area contributed by atoms with Crippen LogP contribution in [0, 0.1) is 0 Å². The third-order valence-electron chi connectivity index (χ3n) is 1.22. The summed E-state index contributed by atoms with van der Waals surface area (Å²) in [6.45, 7) is 1.39. The van der Waals surface area contributed by atoms with Crippen LogP contribution in [0.25, 0.3) is 0 Å². The van der Waals surface area contributed by atoms with Crippen LogP contribution >= 0.6 is 0 Å². The molecule has 0 saturated heterocycles. The van der Waals surface area contributed by atoms with Crippen molar-refractivity contribution in [1.29, 1.82) is 0 Å². The SMILES string of the molecule is CC(=O)/C=C/C(=O)n1ccnc1. The third kappa shape index (κ3) is 2.16. The second kappa shape index (κ2) is 3.61. The second-order valence-electron chi connectivity index (χ2n) is 2.25. The van der Waals surface area contributed by atoms with Crippen molar-refractivity contribution in [2.75, 3.05) is 0 Å². The highest BCUT2D eigenvalue weighted by Gasteiger charge is 1.97. The van der Waals surface area contributed by atoms with Crippen molar-refractivity contribution in [1.82, 2.24) is 9.55 Å². The number of ketones is 1.